The first kappa shape index (κ1) is 17.4. The summed E-state index contributed by atoms with van der Waals surface area (Å²) in [7, 11) is 0. The zero-order valence-electron chi connectivity index (χ0n) is 14.1. The number of thioether (sulfide) groups is 1. The average molecular weight is 333 g/mol. The van der Waals surface area contributed by atoms with E-state index in [9.17, 15) is 4.79 Å². The molecule has 1 amide bonds. The highest BCUT2D eigenvalue weighted by molar-refractivity contribution is 7.98. The molecule has 5 nitrogen and oxygen atoms in total. The molecule has 0 bridgehead atoms. The third-order valence-corrected chi connectivity index (χ3v) is 3.88. The first-order chi connectivity index (χ1) is 10.8. The number of alkyl carbamates (subject to hydrolysis) is 1. The van der Waals surface area contributed by atoms with E-state index >= 15 is 0 Å². The van der Waals surface area contributed by atoms with Crippen LogP contribution >= 0.6 is 11.8 Å². The molecule has 0 fully saturated rings. The minimum absolute atomic E-state index is 0.260. The Morgan fingerprint density at radius 3 is 2.52 bits per heavy atom. The van der Waals surface area contributed by atoms with Crippen LogP contribution in [0.5, 0.6) is 0 Å². The van der Waals surface area contributed by atoms with Gasteiger partial charge in [-0.25, -0.2) is 9.78 Å². The Labute approximate surface area is 141 Å². The van der Waals surface area contributed by atoms with E-state index in [4.69, 9.17) is 4.74 Å². The molecule has 23 heavy (non-hydrogen) atoms. The minimum atomic E-state index is -0.517. The molecule has 0 radical (unpaired) electrons. The van der Waals surface area contributed by atoms with Crippen molar-refractivity contribution < 1.29 is 9.53 Å². The Morgan fingerprint density at radius 1 is 1.30 bits per heavy atom. The SMILES string of the molecule is CSc1ccc(-c2cnc(C(C)NC(=O)OC(C)(C)C)[nH]2)cc1. The van der Waals surface area contributed by atoms with Crippen molar-refractivity contribution in [3.8, 4) is 11.3 Å². The van der Waals surface area contributed by atoms with Crippen molar-refractivity contribution in [1.82, 2.24) is 15.3 Å². The van der Waals surface area contributed by atoms with Crippen LogP contribution in [-0.4, -0.2) is 27.9 Å². The standard InChI is InChI=1S/C17H23N3O2S/c1-11(19-16(21)22-17(2,3)4)15-18-10-14(20-15)12-6-8-13(23-5)9-7-12/h6-11H,1-5H3,(H,18,20)(H,19,21). The van der Waals surface area contributed by atoms with Crippen molar-refractivity contribution in [3.05, 3.63) is 36.3 Å². The summed E-state index contributed by atoms with van der Waals surface area (Å²) < 4.78 is 5.25. The van der Waals surface area contributed by atoms with E-state index in [1.165, 1.54) is 4.90 Å². The molecule has 0 spiro atoms. The predicted molar refractivity (Wildman–Crippen MR) is 93.6 cm³/mol. The van der Waals surface area contributed by atoms with Gasteiger partial charge < -0.3 is 15.0 Å². The van der Waals surface area contributed by atoms with Gasteiger partial charge in [-0.2, -0.15) is 0 Å². The quantitative estimate of drug-likeness (QED) is 0.815. The van der Waals surface area contributed by atoms with E-state index in [-0.39, 0.29) is 6.04 Å². The number of nitrogens with zero attached hydrogens (tertiary/aromatic N) is 1. The number of hydrogen-bond acceptors (Lipinski definition) is 4. The number of aromatic nitrogens is 2. The second-order valence-corrected chi connectivity index (χ2v) is 7.16. The Bertz CT molecular complexity index is 659. The van der Waals surface area contributed by atoms with Crippen molar-refractivity contribution in [3.63, 3.8) is 0 Å². The fraction of sp³-hybridized carbons (Fsp3) is 0.412. The second kappa shape index (κ2) is 7.08. The highest BCUT2D eigenvalue weighted by Crippen LogP contribution is 2.23. The van der Waals surface area contributed by atoms with Crippen LogP contribution in [0.25, 0.3) is 11.3 Å². The molecule has 1 aromatic heterocycles. The predicted octanol–water partition coefficient (Wildman–Crippen LogP) is 4.38. The number of nitrogens with one attached hydrogen (secondary N) is 2. The van der Waals surface area contributed by atoms with Crippen LogP contribution in [0.3, 0.4) is 0 Å². The first-order valence-corrected chi connectivity index (χ1v) is 8.70. The number of imidazole rings is 1. The Hall–Kier alpha value is -1.95. The van der Waals surface area contributed by atoms with Gasteiger partial charge in [0.25, 0.3) is 0 Å². The van der Waals surface area contributed by atoms with E-state index in [0.29, 0.717) is 5.82 Å². The molecule has 124 valence electrons. The highest BCUT2D eigenvalue weighted by atomic mass is 32.2. The van der Waals surface area contributed by atoms with Gasteiger partial charge in [0.2, 0.25) is 0 Å². The average Bonchev–Trinajstić information content (AvgIpc) is 2.95. The molecule has 0 aliphatic heterocycles. The monoisotopic (exact) mass is 333 g/mol. The fourth-order valence-corrected chi connectivity index (χ4v) is 2.43. The van der Waals surface area contributed by atoms with Crippen molar-refractivity contribution in [2.24, 2.45) is 0 Å². The van der Waals surface area contributed by atoms with Crippen LogP contribution in [0.15, 0.2) is 35.4 Å². The molecular weight excluding hydrogens is 310 g/mol. The normalized spacial score (nSPS) is 12.7. The number of aromatic amines is 1. The molecule has 2 aromatic rings. The smallest absolute Gasteiger partial charge is 0.408 e. The molecule has 1 atom stereocenters. The lowest BCUT2D eigenvalue weighted by Gasteiger charge is -2.21. The third-order valence-electron chi connectivity index (χ3n) is 3.14. The largest absolute Gasteiger partial charge is 0.444 e. The number of carbonyl (C=O) groups is 1. The summed E-state index contributed by atoms with van der Waals surface area (Å²) in [5, 5.41) is 2.78. The maximum Gasteiger partial charge on any atom is 0.408 e. The second-order valence-electron chi connectivity index (χ2n) is 6.28. The van der Waals surface area contributed by atoms with E-state index in [1.807, 2.05) is 34.0 Å². The molecular formula is C17H23N3O2S. The lowest BCUT2D eigenvalue weighted by Crippen LogP contribution is -2.34. The maximum atomic E-state index is 11.8. The van der Waals surface area contributed by atoms with Crippen LogP contribution in [0.1, 0.15) is 39.6 Å². The zero-order chi connectivity index (χ0) is 17.0. The molecule has 0 saturated carbocycles. The van der Waals surface area contributed by atoms with Crippen molar-refractivity contribution in [2.75, 3.05) is 6.26 Å². The lowest BCUT2D eigenvalue weighted by molar-refractivity contribution is 0.0506. The van der Waals surface area contributed by atoms with Gasteiger partial charge in [0, 0.05) is 4.90 Å². The zero-order valence-corrected chi connectivity index (χ0v) is 15.0. The Morgan fingerprint density at radius 2 is 1.96 bits per heavy atom. The van der Waals surface area contributed by atoms with Crippen molar-refractivity contribution >= 4 is 17.9 Å². The summed E-state index contributed by atoms with van der Waals surface area (Å²) in [6.45, 7) is 7.37. The van der Waals surface area contributed by atoms with Gasteiger partial charge >= 0.3 is 6.09 Å². The lowest BCUT2D eigenvalue weighted by atomic mass is 10.2. The van der Waals surface area contributed by atoms with Crippen LogP contribution in [0.2, 0.25) is 0 Å². The van der Waals surface area contributed by atoms with Gasteiger partial charge in [-0.1, -0.05) is 12.1 Å². The molecule has 2 rings (SSSR count). The molecule has 0 aliphatic rings. The minimum Gasteiger partial charge on any atom is -0.444 e. The summed E-state index contributed by atoms with van der Waals surface area (Å²) in [4.78, 5) is 20.6. The third kappa shape index (κ3) is 5.03. The number of H-pyrrole nitrogens is 1. The molecule has 1 aromatic carbocycles. The topological polar surface area (TPSA) is 67.0 Å². The first-order valence-electron chi connectivity index (χ1n) is 7.47. The molecule has 1 heterocycles. The fourth-order valence-electron chi connectivity index (χ4n) is 2.03. The molecule has 0 saturated heterocycles. The number of benzene rings is 1. The molecule has 2 N–H and O–H groups in total. The van der Waals surface area contributed by atoms with Gasteiger partial charge in [0.1, 0.15) is 11.4 Å². The molecule has 0 aliphatic carbocycles. The van der Waals surface area contributed by atoms with Crippen LogP contribution < -0.4 is 5.32 Å². The molecule has 1 unspecified atom stereocenters. The van der Waals surface area contributed by atoms with Crippen LogP contribution in [0, 0.1) is 0 Å². The van der Waals surface area contributed by atoms with Crippen LogP contribution in [0.4, 0.5) is 4.79 Å². The summed E-state index contributed by atoms with van der Waals surface area (Å²) in [5.41, 5.74) is 1.47. The van der Waals surface area contributed by atoms with Gasteiger partial charge in [0.15, 0.2) is 0 Å². The number of hydrogen-bond donors (Lipinski definition) is 2. The summed E-state index contributed by atoms with van der Waals surface area (Å²) in [6, 6.07) is 7.99. The van der Waals surface area contributed by atoms with Gasteiger partial charge in [-0.05, 0) is 51.6 Å². The summed E-state index contributed by atoms with van der Waals surface area (Å²) in [5.74, 6) is 0.694. The van der Waals surface area contributed by atoms with Crippen molar-refractivity contribution in [1.29, 1.82) is 0 Å². The van der Waals surface area contributed by atoms with Crippen LogP contribution in [-0.2, 0) is 4.74 Å². The molecule has 6 heteroatoms. The van der Waals surface area contributed by atoms with E-state index in [0.717, 1.165) is 11.3 Å². The summed E-state index contributed by atoms with van der Waals surface area (Å²) >= 11 is 1.71. The van der Waals surface area contributed by atoms with Gasteiger partial charge in [-0.15, -0.1) is 11.8 Å². The highest BCUT2D eigenvalue weighted by Gasteiger charge is 2.19. The Kier molecular flexibility index (Phi) is 5.36. The number of rotatable bonds is 4. The van der Waals surface area contributed by atoms with E-state index < -0.39 is 11.7 Å². The van der Waals surface area contributed by atoms with Crippen molar-refractivity contribution in [2.45, 2.75) is 44.2 Å². The maximum absolute atomic E-state index is 11.8. The number of amides is 1. The van der Waals surface area contributed by atoms with Gasteiger partial charge in [0.05, 0.1) is 17.9 Å². The number of carbonyl (C=O) groups excluding carboxylic acids is 1. The Balaban J connectivity index is 2.04. The van der Waals surface area contributed by atoms with Gasteiger partial charge in [-0.3, -0.25) is 0 Å². The van der Waals surface area contributed by atoms with E-state index in [2.05, 4.69) is 39.6 Å². The number of ether oxygens (including phenoxy) is 1. The summed E-state index contributed by atoms with van der Waals surface area (Å²) in [6.07, 6.45) is 3.37. The van der Waals surface area contributed by atoms with E-state index in [1.54, 1.807) is 18.0 Å².